The van der Waals surface area contributed by atoms with Crippen molar-refractivity contribution in [2.45, 2.75) is 60.0 Å². The lowest BCUT2D eigenvalue weighted by atomic mass is 9.43. The Bertz CT molecular complexity index is 1710. The number of aliphatic hydroxyl groups is 3. The summed E-state index contributed by atoms with van der Waals surface area (Å²) >= 11 is 0. The van der Waals surface area contributed by atoms with Gasteiger partial charge >= 0.3 is 0 Å². The van der Waals surface area contributed by atoms with Gasteiger partial charge in [-0.1, -0.05) is 33.8 Å². The van der Waals surface area contributed by atoms with Crippen LogP contribution in [0.3, 0.4) is 0 Å². The van der Waals surface area contributed by atoms with E-state index >= 15 is 0 Å². The Balaban J connectivity index is 1.84. The molecule has 0 spiro atoms. The number of aliphatic hydroxyl groups excluding tert-OH is 2. The molecule has 3 aliphatic rings. The van der Waals surface area contributed by atoms with Crippen molar-refractivity contribution in [2.24, 2.45) is 22.7 Å². The van der Waals surface area contributed by atoms with Crippen LogP contribution >= 0.6 is 0 Å². The first-order valence-corrected chi connectivity index (χ1v) is 14.2. The van der Waals surface area contributed by atoms with E-state index in [0.29, 0.717) is 28.0 Å². The molecule has 2 aromatic carbocycles. The number of carbonyl (C=O) groups is 4. The van der Waals surface area contributed by atoms with Gasteiger partial charge in [0, 0.05) is 33.4 Å². The second-order valence-corrected chi connectivity index (χ2v) is 12.9. The second kappa shape index (κ2) is 9.64. The van der Waals surface area contributed by atoms with Gasteiger partial charge in [-0.05, 0) is 68.0 Å². The van der Waals surface area contributed by atoms with Crippen LogP contribution < -0.4 is 4.74 Å². The van der Waals surface area contributed by atoms with E-state index in [1.54, 1.807) is 52.0 Å². The maximum Gasteiger partial charge on any atom is 0.203 e. The van der Waals surface area contributed by atoms with Crippen molar-refractivity contribution < 1.29 is 44.3 Å². The summed E-state index contributed by atoms with van der Waals surface area (Å²) in [7, 11) is 1.48. The number of phenols is 1. The summed E-state index contributed by atoms with van der Waals surface area (Å²) < 4.78 is 5.59. The van der Waals surface area contributed by atoms with Crippen LogP contribution in [0.4, 0.5) is 0 Å². The number of carbonyl (C=O) groups excluding carboxylic acids is 4. The Morgan fingerprint density at radius 2 is 1.63 bits per heavy atom. The van der Waals surface area contributed by atoms with Gasteiger partial charge in [-0.15, -0.1) is 0 Å². The number of hydrogen-bond donors (Lipinski definition) is 4. The minimum Gasteiger partial charge on any atom is -0.508 e. The molecule has 2 aromatic rings. The minimum atomic E-state index is -2.68. The first-order valence-electron chi connectivity index (χ1n) is 14.2. The number of hydrogen-bond acceptors (Lipinski definition) is 9. The number of methoxy groups -OCH3 is 1. The second-order valence-electron chi connectivity index (χ2n) is 12.9. The summed E-state index contributed by atoms with van der Waals surface area (Å²) in [6, 6.07) is 7.97. The molecule has 0 bridgehead atoms. The maximum atomic E-state index is 14.5. The molecule has 0 aromatic heterocycles. The Labute approximate surface area is 249 Å². The van der Waals surface area contributed by atoms with E-state index in [4.69, 9.17) is 4.74 Å². The number of aromatic hydroxyl groups is 1. The van der Waals surface area contributed by atoms with Gasteiger partial charge in [-0.2, -0.15) is 0 Å². The highest BCUT2D eigenvalue weighted by molar-refractivity contribution is 6.24. The fraction of sp³-hybridized carbons (Fsp3) is 0.412. The number of allylic oxidation sites excluding steroid dienone is 1. The molecule has 0 radical (unpaired) electrons. The largest absolute Gasteiger partial charge is 0.508 e. The predicted octanol–water partition coefficient (Wildman–Crippen LogP) is 5.07. The number of ketones is 4. The molecule has 1 unspecified atom stereocenters. The first kappa shape index (κ1) is 30.2. The molecule has 9 nitrogen and oxygen atoms in total. The normalized spacial score (nSPS) is 28.4. The molecule has 0 aliphatic heterocycles. The van der Waals surface area contributed by atoms with E-state index in [1.165, 1.54) is 20.1 Å². The zero-order valence-electron chi connectivity index (χ0n) is 25.3. The predicted molar refractivity (Wildman–Crippen MR) is 158 cm³/mol. The summed E-state index contributed by atoms with van der Waals surface area (Å²) in [5, 5.41) is 46.3. The third kappa shape index (κ3) is 3.87. The minimum absolute atomic E-state index is 0.0232. The number of benzene rings is 2. The van der Waals surface area contributed by atoms with E-state index < -0.39 is 62.7 Å². The van der Waals surface area contributed by atoms with Crippen LogP contribution in [0.5, 0.6) is 11.5 Å². The fourth-order valence-corrected chi connectivity index (χ4v) is 8.11. The maximum absolute atomic E-state index is 14.5. The van der Waals surface area contributed by atoms with Gasteiger partial charge < -0.3 is 25.2 Å². The lowest BCUT2D eigenvalue weighted by molar-refractivity contribution is -0.178. The topological polar surface area (TPSA) is 158 Å². The molecule has 4 atom stereocenters. The average molecular weight is 589 g/mol. The molecular weight excluding hydrogens is 552 g/mol. The van der Waals surface area contributed by atoms with Gasteiger partial charge in [-0.25, -0.2) is 0 Å². The molecule has 5 rings (SSSR count). The van der Waals surface area contributed by atoms with Crippen LogP contribution in [0.1, 0.15) is 69.4 Å². The van der Waals surface area contributed by atoms with Crippen LogP contribution in [0.2, 0.25) is 0 Å². The number of phenolic OH excluding ortho intramolecular Hbond substituents is 1. The van der Waals surface area contributed by atoms with Gasteiger partial charge in [0.2, 0.25) is 5.78 Å². The van der Waals surface area contributed by atoms with Gasteiger partial charge in [0.05, 0.1) is 12.7 Å². The zero-order valence-corrected chi connectivity index (χ0v) is 25.3. The summed E-state index contributed by atoms with van der Waals surface area (Å²) in [6.07, 6.45) is 0.0734. The summed E-state index contributed by atoms with van der Waals surface area (Å²) in [5.74, 6) is -5.48. The van der Waals surface area contributed by atoms with Crippen LogP contribution in [0.15, 0.2) is 47.2 Å². The van der Waals surface area contributed by atoms with E-state index in [0.717, 1.165) is 6.92 Å². The van der Waals surface area contributed by atoms with Crippen molar-refractivity contribution in [3.05, 3.63) is 63.9 Å². The Kier molecular flexibility index (Phi) is 6.77. The van der Waals surface area contributed by atoms with E-state index in [9.17, 15) is 39.6 Å². The highest BCUT2D eigenvalue weighted by Crippen LogP contribution is 2.65. The van der Waals surface area contributed by atoms with E-state index in [-0.39, 0.29) is 35.5 Å². The molecule has 9 heteroatoms. The van der Waals surface area contributed by atoms with Crippen LogP contribution in [0, 0.1) is 22.7 Å². The van der Waals surface area contributed by atoms with Crippen LogP contribution in [-0.2, 0) is 20.8 Å². The highest BCUT2D eigenvalue weighted by Gasteiger charge is 2.72. The van der Waals surface area contributed by atoms with Gasteiger partial charge in [-0.3, -0.25) is 19.2 Å². The van der Waals surface area contributed by atoms with Gasteiger partial charge in [0.1, 0.15) is 28.6 Å². The quantitative estimate of drug-likeness (QED) is 0.276. The van der Waals surface area contributed by atoms with E-state index in [1.807, 2.05) is 0 Å². The summed E-state index contributed by atoms with van der Waals surface area (Å²) in [5.41, 5.74) is -4.26. The van der Waals surface area contributed by atoms with Crippen LogP contribution in [-0.4, -0.2) is 56.3 Å². The lowest BCUT2D eigenvalue weighted by Gasteiger charge is -2.59. The number of ether oxygens (including phenoxy) is 1. The molecule has 1 fully saturated rings. The average Bonchev–Trinajstić information content (AvgIpc) is 2.90. The summed E-state index contributed by atoms with van der Waals surface area (Å²) in [4.78, 5) is 52.9. The van der Waals surface area contributed by atoms with E-state index in [2.05, 4.69) is 0 Å². The molecule has 0 saturated heterocycles. The molecule has 0 heterocycles. The number of fused-ring (bicyclic) bond motifs is 3. The highest BCUT2D eigenvalue weighted by atomic mass is 16.5. The Hall–Kier alpha value is -4.24. The van der Waals surface area contributed by atoms with Crippen LogP contribution in [0.25, 0.3) is 16.9 Å². The molecule has 1 saturated carbocycles. The molecule has 3 aliphatic carbocycles. The lowest BCUT2D eigenvalue weighted by Crippen LogP contribution is -2.69. The fourth-order valence-electron chi connectivity index (χ4n) is 8.11. The third-order valence-electron chi connectivity index (χ3n) is 9.78. The Morgan fingerprint density at radius 1 is 0.977 bits per heavy atom. The van der Waals surface area contributed by atoms with Gasteiger partial charge in [0.25, 0.3) is 0 Å². The SMILES string of the molecule is COc1ccc(C(C)=O)cc1-c1ccc(O)c2c1C[C@]1(C)C[C@]3(C)C(C(C)C)C(=O)C(C(C)=O)=C(O)[C@]3(O)C(=O)C1=C2O. The third-order valence-corrected chi connectivity index (χ3v) is 9.78. The molecule has 4 N–H and O–H groups in total. The van der Waals surface area contributed by atoms with Crippen molar-refractivity contribution in [1.29, 1.82) is 0 Å². The molecule has 43 heavy (non-hydrogen) atoms. The molecule has 0 amide bonds. The smallest absolute Gasteiger partial charge is 0.203 e. The number of Topliss-reactive ketones (excluding diaryl/α,β-unsaturated/α-hetero) is 4. The first-order chi connectivity index (χ1) is 20.0. The van der Waals surface area contributed by atoms with Crippen molar-refractivity contribution in [3.8, 4) is 22.6 Å². The monoisotopic (exact) mass is 588 g/mol. The zero-order chi connectivity index (χ0) is 32.0. The van der Waals surface area contributed by atoms with Crippen molar-refractivity contribution in [3.63, 3.8) is 0 Å². The van der Waals surface area contributed by atoms with Crippen molar-refractivity contribution in [1.82, 2.24) is 0 Å². The van der Waals surface area contributed by atoms with Crippen molar-refractivity contribution in [2.75, 3.05) is 7.11 Å². The molecule has 226 valence electrons. The standard InChI is InChI=1S/C34H36O9/c1-15(2)26-28(38)24(17(4)36)30(40)34(42)31(41)27-29(39)25-21(13-32(27,5)14-33(26,34)6)19(9-10-22(25)37)20-12-18(16(3)35)8-11-23(20)43-7/h8-12,15,26,37,39-40,42H,13-14H2,1-7H3/t26?,32-,33-,34+/m1/s1. The Morgan fingerprint density at radius 3 is 2.19 bits per heavy atom. The van der Waals surface area contributed by atoms with Gasteiger partial charge in [0.15, 0.2) is 23.0 Å². The molecular formula is C34H36O9. The summed E-state index contributed by atoms with van der Waals surface area (Å²) in [6.45, 7) is 9.34. The van der Waals surface area contributed by atoms with Crippen molar-refractivity contribution >= 4 is 28.9 Å². The number of rotatable bonds is 5.